The monoisotopic (exact) mass is 473 g/mol. The largest absolute Gasteiger partial charge is 0.481 e. The van der Waals surface area contributed by atoms with Crippen molar-refractivity contribution in [1.82, 2.24) is 5.32 Å². The number of carbonyl (C=O) groups excluding carboxylic acids is 1. The normalized spacial score (nSPS) is 13.6. The van der Waals surface area contributed by atoms with E-state index in [9.17, 15) is 27.2 Å². The maximum absolute atomic E-state index is 13.8. The van der Waals surface area contributed by atoms with E-state index in [1.807, 2.05) is 48.5 Å². The van der Waals surface area contributed by atoms with Gasteiger partial charge < -0.3 is 15.2 Å². The molecule has 0 radical (unpaired) electrons. The average Bonchev–Trinajstić information content (AvgIpc) is 3.10. The lowest BCUT2D eigenvalue weighted by Gasteiger charge is -2.20. The molecule has 1 atom stereocenters. The summed E-state index contributed by atoms with van der Waals surface area (Å²) in [5, 5.41) is 11.4. The summed E-state index contributed by atoms with van der Waals surface area (Å²) in [6.07, 6.45) is -6.62. The molecular weight excluding hydrogens is 454 g/mol. The third-order valence-electron chi connectivity index (χ3n) is 5.66. The predicted octanol–water partition coefficient (Wildman–Crippen LogP) is 5.90. The van der Waals surface area contributed by atoms with Gasteiger partial charge in [0.25, 0.3) is 0 Å². The van der Waals surface area contributed by atoms with Crippen LogP contribution in [0.5, 0.6) is 0 Å². The SMILES string of the molecule is O=C(O)C[C@H](NC(=O)OCC1c2ccccc2-c2ccccc21)c1cc(F)cc(C(F)(F)F)c1. The van der Waals surface area contributed by atoms with Crippen molar-refractivity contribution in [2.45, 2.75) is 24.6 Å². The molecule has 0 fully saturated rings. The molecule has 3 aromatic rings. The molecule has 0 aliphatic heterocycles. The fourth-order valence-electron chi connectivity index (χ4n) is 4.19. The van der Waals surface area contributed by atoms with E-state index in [0.29, 0.717) is 12.1 Å². The zero-order valence-electron chi connectivity index (χ0n) is 17.6. The number of amides is 1. The molecule has 0 spiro atoms. The first kappa shape index (κ1) is 23.3. The Balaban J connectivity index is 1.52. The number of hydrogen-bond donors (Lipinski definition) is 2. The number of ether oxygens (including phenoxy) is 1. The van der Waals surface area contributed by atoms with Gasteiger partial charge >= 0.3 is 18.2 Å². The number of aliphatic carboxylic acids is 1. The highest BCUT2D eigenvalue weighted by Gasteiger charge is 2.33. The van der Waals surface area contributed by atoms with Gasteiger partial charge in [-0.2, -0.15) is 13.2 Å². The molecule has 0 saturated heterocycles. The Morgan fingerprint density at radius 2 is 1.56 bits per heavy atom. The highest BCUT2D eigenvalue weighted by molar-refractivity contribution is 5.79. The first-order chi connectivity index (χ1) is 16.1. The number of nitrogens with one attached hydrogen (secondary N) is 1. The summed E-state index contributed by atoms with van der Waals surface area (Å²) in [4.78, 5) is 23.8. The van der Waals surface area contributed by atoms with Crippen molar-refractivity contribution in [3.63, 3.8) is 0 Å². The number of rotatable bonds is 6. The minimum absolute atomic E-state index is 0.0728. The zero-order chi connectivity index (χ0) is 24.5. The molecule has 2 N–H and O–H groups in total. The van der Waals surface area contributed by atoms with Gasteiger partial charge in [0.2, 0.25) is 0 Å². The van der Waals surface area contributed by atoms with E-state index in [2.05, 4.69) is 5.32 Å². The summed E-state index contributed by atoms with van der Waals surface area (Å²) in [7, 11) is 0. The Kier molecular flexibility index (Phi) is 6.28. The standard InChI is InChI=1S/C25H19F4NO4/c26-16-10-14(9-15(11-16)25(27,28)29)22(12-23(31)32)30-24(33)34-13-21-19-7-3-1-5-17(19)18-6-2-4-8-20(18)21/h1-11,21-22H,12-13H2,(H,30,33)(H,31,32)/t22-/m0/s1. The number of fused-ring (bicyclic) bond motifs is 3. The number of benzene rings is 3. The van der Waals surface area contributed by atoms with E-state index in [4.69, 9.17) is 9.84 Å². The summed E-state index contributed by atoms with van der Waals surface area (Å²) in [6, 6.07) is 15.5. The first-order valence-electron chi connectivity index (χ1n) is 10.3. The highest BCUT2D eigenvalue weighted by Crippen LogP contribution is 2.44. The van der Waals surface area contributed by atoms with Crippen LogP contribution in [0.1, 0.15) is 40.6 Å². The lowest BCUT2D eigenvalue weighted by atomic mass is 9.98. The predicted molar refractivity (Wildman–Crippen MR) is 115 cm³/mol. The maximum atomic E-state index is 13.8. The van der Waals surface area contributed by atoms with Crippen molar-refractivity contribution in [1.29, 1.82) is 0 Å². The van der Waals surface area contributed by atoms with Gasteiger partial charge in [0.15, 0.2) is 0 Å². The Morgan fingerprint density at radius 3 is 2.12 bits per heavy atom. The zero-order valence-corrected chi connectivity index (χ0v) is 17.6. The third kappa shape index (κ3) is 4.88. The molecule has 34 heavy (non-hydrogen) atoms. The number of carbonyl (C=O) groups is 2. The minimum Gasteiger partial charge on any atom is -0.481 e. The van der Waals surface area contributed by atoms with Crippen molar-refractivity contribution in [2.75, 3.05) is 6.61 Å². The van der Waals surface area contributed by atoms with Crippen LogP contribution in [0.4, 0.5) is 22.4 Å². The van der Waals surface area contributed by atoms with E-state index in [-0.39, 0.29) is 18.1 Å². The van der Waals surface area contributed by atoms with Crippen LogP contribution in [-0.4, -0.2) is 23.8 Å². The number of alkyl carbamates (subject to hydrolysis) is 1. The van der Waals surface area contributed by atoms with Crippen LogP contribution in [-0.2, 0) is 15.7 Å². The van der Waals surface area contributed by atoms with Crippen molar-refractivity contribution >= 4 is 12.1 Å². The number of halogens is 4. The summed E-state index contributed by atoms with van der Waals surface area (Å²) >= 11 is 0. The second-order valence-electron chi connectivity index (χ2n) is 7.89. The maximum Gasteiger partial charge on any atom is 0.416 e. The average molecular weight is 473 g/mol. The summed E-state index contributed by atoms with van der Waals surface area (Å²) < 4.78 is 58.4. The van der Waals surface area contributed by atoms with Crippen molar-refractivity contribution in [3.8, 4) is 11.1 Å². The van der Waals surface area contributed by atoms with Gasteiger partial charge in [-0.25, -0.2) is 9.18 Å². The van der Waals surface area contributed by atoms with Crippen molar-refractivity contribution in [2.24, 2.45) is 0 Å². The molecule has 0 unspecified atom stereocenters. The summed E-state index contributed by atoms with van der Waals surface area (Å²) in [5.41, 5.74) is 2.32. The smallest absolute Gasteiger partial charge is 0.416 e. The number of alkyl halides is 3. The lowest BCUT2D eigenvalue weighted by Crippen LogP contribution is -2.32. The second kappa shape index (κ2) is 9.17. The molecular formula is C25H19F4NO4. The summed E-state index contributed by atoms with van der Waals surface area (Å²) in [5.74, 6) is -2.85. The van der Waals surface area contributed by atoms with Gasteiger partial charge in [0.1, 0.15) is 12.4 Å². The topological polar surface area (TPSA) is 75.6 Å². The van der Waals surface area contributed by atoms with E-state index >= 15 is 0 Å². The molecule has 176 valence electrons. The molecule has 5 nitrogen and oxygen atoms in total. The first-order valence-corrected chi connectivity index (χ1v) is 10.3. The molecule has 0 heterocycles. The Morgan fingerprint density at radius 1 is 0.971 bits per heavy atom. The Hall–Kier alpha value is -3.88. The molecule has 1 aliphatic rings. The van der Waals surface area contributed by atoms with Crippen LogP contribution in [0.15, 0.2) is 66.7 Å². The number of carboxylic acid groups (broad SMARTS) is 1. The van der Waals surface area contributed by atoms with E-state index in [0.717, 1.165) is 28.3 Å². The Bertz CT molecular complexity index is 1200. The fraction of sp³-hybridized carbons (Fsp3) is 0.200. The van der Waals surface area contributed by atoms with E-state index < -0.39 is 42.1 Å². The highest BCUT2D eigenvalue weighted by atomic mass is 19.4. The van der Waals surface area contributed by atoms with Crippen molar-refractivity contribution < 1.29 is 37.0 Å². The second-order valence-corrected chi connectivity index (χ2v) is 7.89. The molecule has 0 saturated carbocycles. The van der Waals surface area contributed by atoms with Gasteiger partial charge in [-0.15, -0.1) is 0 Å². The molecule has 1 aliphatic carbocycles. The number of carboxylic acids is 1. The molecule has 4 rings (SSSR count). The molecule has 9 heteroatoms. The van der Waals surface area contributed by atoms with Crippen LogP contribution < -0.4 is 5.32 Å². The van der Waals surface area contributed by atoms with Gasteiger partial charge in [-0.3, -0.25) is 4.79 Å². The van der Waals surface area contributed by atoms with E-state index in [1.165, 1.54) is 0 Å². The van der Waals surface area contributed by atoms with Gasteiger partial charge in [-0.1, -0.05) is 48.5 Å². The van der Waals surface area contributed by atoms with Gasteiger partial charge in [-0.05, 0) is 46.0 Å². The van der Waals surface area contributed by atoms with Crippen LogP contribution in [0.2, 0.25) is 0 Å². The lowest BCUT2D eigenvalue weighted by molar-refractivity contribution is -0.138. The van der Waals surface area contributed by atoms with E-state index in [1.54, 1.807) is 0 Å². The van der Waals surface area contributed by atoms with Gasteiger partial charge in [0.05, 0.1) is 18.0 Å². The number of hydrogen-bond acceptors (Lipinski definition) is 3. The third-order valence-corrected chi connectivity index (χ3v) is 5.66. The van der Waals surface area contributed by atoms with Crippen LogP contribution in [0.3, 0.4) is 0 Å². The molecule has 0 bridgehead atoms. The summed E-state index contributed by atoms with van der Waals surface area (Å²) in [6.45, 7) is -0.0728. The minimum atomic E-state index is -4.84. The quantitative estimate of drug-likeness (QED) is 0.437. The Labute approximate surface area is 192 Å². The van der Waals surface area contributed by atoms with Gasteiger partial charge in [0, 0.05) is 5.92 Å². The molecule has 1 amide bonds. The van der Waals surface area contributed by atoms with Crippen LogP contribution in [0.25, 0.3) is 11.1 Å². The molecule has 3 aromatic carbocycles. The van der Waals surface area contributed by atoms with Crippen LogP contribution in [0, 0.1) is 5.82 Å². The fourth-order valence-corrected chi connectivity index (χ4v) is 4.19. The van der Waals surface area contributed by atoms with Crippen LogP contribution >= 0.6 is 0 Å². The molecule has 0 aromatic heterocycles. The van der Waals surface area contributed by atoms with Crippen molar-refractivity contribution in [3.05, 3.63) is 94.8 Å².